The number of carbonyl (C=O) groups excluding carboxylic acids is 1. The molecule has 1 heterocycles. The lowest BCUT2D eigenvalue weighted by atomic mass is 9.76. The maximum atomic E-state index is 12.2. The third-order valence-electron chi connectivity index (χ3n) is 5.08. The molecule has 0 spiro atoms. The van der Waals surface area contributed by atoms with Crippen molar-refractivity contribution >= 4 is 11.9 Å². The molecule has 5 nitrogen and oxygen atoms in total. The fraction of sp³-hybridized carbons (Fsp3) is 0.867. The Balaban J connectivity index is 1.87. The standard InChI is InChI=1S/C15H26N2O3/c1-11(2)15(14(19)20)7-8-17(10-15)13(18)9-16-12-5-3-4-6-12/h11-12,16H,3-10H2,1-2H3,(H,19,20). The van der Waals surface area contributed by atoms with Crippen LogP contribution in [0.25, 0.3) is 0 Å². The van der Waals surface area contributed by atoms with Crippen molar-refractivity contribution in [2.45, 2.75) is 52.0 Å². The molecular weight excluding hydrogens is 256 g/mol. The summed E-state index contributed by atoms with van der Waals surface area (Å²) in [6, 6.07) is 0.468. The Morgan fingerprint density at radius 2 is 2.00 bits per heavy atom. The van der Waals surface area contributed by atoms with Gasteiger partial charge in [0, 0.05) is 19.1 Å². The zero-order chi connectivity index (χ0) is 14.8. The molecule has 1 aliphatic heterocycles. The average Bonchev–Trinajstić information content (AvgIpc) is 3.05. The number of carbonyl (C=O) groups is 2. The molecule has 5 heteroatoms. The van der Waals surface area contributed by atoms with Crippen molar-refractivity contribution in [2.75, 3.05) is 19.6 Å². The van der Waals surface area contributed by atoms with Gasteiger partial charge in [-0.15, -0.1) is 0 Å². The average molecular weight is 282 g/mol. The molecule has 1 atom stereocenters. The number of aliphatic carboxylic acids is 1. The number of rotatable bonds is 5. The Kier molecular flexibility index (Phi) is 4.68. The molecule has 1 amide bonds. The van der Waals surface area contributed by atoms with E-state index in [4.69, 9.17) is 0 Å². The first-order valence-corrected chi connectivity index (χ1v) is 7.70. The van der Waals surface area contributed by atoms with Gasteiger partial charge < -0.3 is 15.3 Å². The second-order valence-corrected chi connectivity index (χ2v) is 6.54. The van der Waals surface area contributed by atoms with E-state index < -0.39 is 11.4 Å². The molecule has 0 radical (unpaired) electrons. The van der Waals surface area contributed by atoms with E-state index in [2.05, 4.69) is 5.32 Å². The minimum Gasteiger partial charge on any atom is -0.481 e. The third kappa shape index (κ3) is 2.97. The van der Waals surface area contributed by atoms with E-state index >= 15 is 0 Å². The van der Waals surface area contributed by atoms with Crippen LogP contribution in [-0.4, -0.2) is 47.6 Å². The van der Waals surface area contributed by atoms with E-state index in [9.17, 15) is 14.7 Å². The Bertz CT molecular complexity index is 377. The maximum Gasteiger partial charge on any atom is 0.311 e. The van der Waals surface area contributed by atoms with Crippen molar-refractivity contribution < 1.29 is 14.7 Å². The number of carboxylic acids is 1. The van der Waals surface area contributed by atoms with E-state index in [1.165, 1.54) is 12.8 Å². The van der Waals surface area contributed by atoms with Gasteiger partial charge in [0.25, 0.3) is 0 Å². The van der Waals surface area contributed by atoms with Crippen LogP contribution in [0.2, 0.25) is 0 Å². The fourth-order valence-electron chi connectivity index (χ4n) is 3.41. The van der Waals surface area contributed by atoms with Gasteiger partial charge >= 0.3 is 5.97 Å². The molecule has 1 unspecified atom stereocenters. The Morgan fingerprint density at radius 3 is 2.50 bits per heavy atom. The topological polar surface area (TPSA) is 69.6 Å². The van der Waals surface area contributed by atoms with Crippen LogP contribution < -0.4 is 5.32 Å². The van der Waals surface area contributed by atoms with E-state index in [0.717, 1.165) is 12.8 Å². The second-order valence-electron chi connectivity index (χ2n) is 6.54. The van der Waals surface area contributed by atoms with Gasteiger partial charge in [-0.3, -0.25) is 9.59 Å². The van der Waals surface area contributed by atoms with Gasteiger partial charge in [-0.05, 0) is 25.2 Å². The zero-order valence-corrected chi connectivity index (χ0v) is 12.5. The molecule has 2 N–H and O–H groups in total. The molecule has 1 saturated heterocycles. The Hall–Kier alpha value is -1.10. The number of likely N-dealkylation sites (tertiary alicyclic amines) is 1. The van der Waals surface area contributed by atoms with Crippen molar-refractivity contribution in [3.8, 4) is 0 Å². The van der Waals surface area contributed by atoms with Crippen LogP contribution in [0, 0.1) is 11.3 Å². The first-order valence-electron chi connectivity index (χ1n) is 7.70. The van der Waals surface area contributed by atoms with Gasteiger partial charge in [-0.2, -0.15) is 0 Å². The highest BCUT2D eigenvalue weighted by atomic mass is 16.4. The lowest BCUT2D eigenvalue weighted by Crippen LogP contribution is -2.43. The van der Waals surface area contributed by atoms with Crippen LogP contribution in [0.5, 0.6) is 0 Å². The van der Waals surface area contributed by atoms with Gasteiger partial charge in [0.1, 0.15) is 0 Å². The number of hydrogen-bond donors (Lipinski definition) is 2. The summed E-state index contributed by atoms with van der Waals surface area (Å²) in [5, 5.41) is 12.8. The lowest BCUT2D eigenvalue weighted by molar-refractivity contribution is -0.151. The van der Waals surface area contributed by atoms with Crippen molar-refractivity contribution in [1.82, 2.24) is 10.2 Å². The van der Waals surface area contributed by atoms with Crippen molar-refractivity contribution in [3.63, 3.8) is 0 Å². The molecule has 1 saturated carbocycles. The molecular formula is C15H26N2O3. The predicted octanol–water partition coefficient (Wildman–Crippen LogP) is 1.48. The van der Waals surface area contributed by atoms with Crippen LogP contribution in [0.3, 0.4) is 0 Å². The molecule has 0 aromatic heterocycles. The number of nitrogens with zero attached hydrogens (tertiary/aromatic N) is 1. The van der Waals surface area contributed by atoms with Crippen LogP contribution in [-0.2, 0) is 9.59 Å². The van der Waals surface area contributed by atoms with Crippen LogP contribution in [0.4, 0.5) is 0 Å². The second kappa shape index (κ2) is 6.12. The van der Waals surface area contributed by atoms with Gasteiger partial charge in [0.15, 0.2) is 0 Å². The number of hydrogen-bond acceptors (Lipinski definition) is 3. The minimum atomic E-state index is -0.772. The van der Waals surface area contributed by atoms with Crippen LogP contribution in [0.15, 0.2) is 0 Å². The summed E-state index contributed by atoms with van der Waals surface area (Å²) < 4.78 is 0. The Morgan fingerprint density at radius 1 is 1.35 bits per heavy atom. The predicted molar refractivity (Wildman–Crippen MR) is 76.4 cm³/mol. The highest BCUT2D eigenvalue weighted by Gasteiger charge is 2.48. The highest BCUT2D eigenvalue weighted by Crippen LogP contribution is 2.38. The largest absolute Gasteiger partial charge is 0.481 e. The molecule has 0 aromatic carbocycles. The van der Waals surface area contributed by atoms with Gasteiger partial charge in [-0.25, -0.2) is 0 Å². The summed E-state index contributed by atoms with van der Waals surface area (Å²) >= 11 is 0. The first kappa shape index (κ1) is 15.3. The third-order valence-corrected chi connectivity index (χ3v) is 5.08. The van der Waals surface area contributed by atoms with Gasteiger partial charge in [0.2, 0.25) is 5.91 Å². The lowest BCUT2D eigenvalue weighted by Gasteiger charge is -2.28. The van der Waals surface area contributed by atoms with Crippen molar-refractivity contribution in [2.24, 2.45) is 11.3 Å². The molecule has 2 aliphatic rings. The summed E-state index contributed by atoms with van der Waals surface area (Å²) in [4.78, 5) is 25.5. The molecule has 114 valence electrons. The van der Waals surface area contributed by atoms with E-state index in [1.54, 1.807) is 4.90 Å². The van der Waals surface area contributed by atoms with Crippen LogP contribution >= 0.6 is 0 Å². The molecule has 0 aromatic rings. The Labute approximate surface area is 120 Å². The van der Waals surface area contributed by atoms with E-state index in [1.807, 2.05) is 13.8 Å². The number of carboxylic acid groups (broad SMARTS) is 1. The van der Waals surface area contributed by atoms with E-state index in [0.29, 0.717) is 32.1 Å². The zero-order valence-electron chi connectivity index (χ0n) is 12.5. The van der Waals surface area contributed by atoms with Crippen molar-refractivity contribution in [1.29, 1.82) is 0 Å². The monoisotopic (exact) mass is 282 g/mol. The first-order chi connectivity index (χ1) is 9.45. The molecule has 0 bridgehead atoms. The SMILES string of the molecule is CC(C)C1(C(=O)O)CCN(C(=O)CNC2CCCC2)C1. The summed E-state index contributed by atoms with van der Waals surface area (Å²) in [5.74, 6) is -0.687. The number of nitrogens with one attached hydrogen (secondary N) is 1. The summed E-state index contributed by atoms with van der Waals surface area (Å²) in [6.07, 6.45) is 5.35. The summed E-state index contributed by atoms with van der Waals surface area (Å²) in [6.45, 7) is 5.12. The molecule has 20 heavy (non-hydrogen) atoms. The quantitative estimate of drug-likeness (QED) is 0.801. The van der Waals surface area contributed by atoms with E-state index in [-0.39, 0.29) is 11.8 Å². The summed E-state index contributed by atoms with van der Waals surface area (Å²) in [7, 11) is 0. The van der Waals surface area contributed by atoms with Crippen LogP contribution in [0.1, 0.15) is 46.0 Å². The number of amides is 1. The fourth-order valence-corrected chi connectivity index (χ4v) is 3.41. The molecule has 2 rings (SSSR count). The van der Waals surface area contributed by atoms with Crippen molar-refractivity contribution in [3.05, 3.63) is 0 Å². The minimum absolute atomic E-state index is 0.0422. The normalized spacial score (nSPS) is 27.4. The molecule has 1 aliphatic carbocycles. The molecule has 2 fully saturated rings. The smallest absolute Gasteiger partial charge is 0.311 e. The highest BCUT2D eigenvalue weighted by molar-refractivity contribution is 5.82. The summed E-state index contributed by atoms with van der Waals surface area (Å²) in [5.41, 5.74) is -0.761. The maximum absolute atomic E-state index is 12.2. The van der Waals surface area contributed by atoms with Gasteiger partial charge in [0.05, 0.1) is 12.0 Å². The van der Waals surface area contributed by atoms with Gasteiger partial charge in [-0.1, -0.05) is 26.7 Å².